The fourth-order valence-corrected chi connectivity index (χ4v) is 3.39. The standard InChI is InChI=1S/C21H19NO6S/c1-26-17-9-6-14(7-10-17)15-4-3-5-18(12-15)28-19-11-8-16(21(23)27-2)13-20(19)29(22,24)25/h3-13H,1-2H3,(H2,22,24,25). The molecular weight excluding hydrogens is 394 g/mol. The lowest BCUT2D eigenvalue weighted by Gasteiger charge is -2.12. The summed E-state index contributed by atoms with van der Waals surface area (Å²) in [5, 5.41) is 5.30. The third kappa shape index (κ3) is 4.74. The highest BCUT2D eigenvalue weighted by atomic mass is 32.2. The largest absolute Gasteiger partial charge is 0.497 e. The molecule has 0 fully saturated rings. The summed E-state index contributed by atoms with van der Waals surface area (Å²) in [6.45, 7) is 0. The highest BCUT2D eigenvalue weighted by Crippen LogP contribution is 2.32. The van der Waals surface area contributed by atoms with Crippen molar-refractivity contribution < 1.29 is 27.4 Å². The van der Waals surface area contributed by atoms with Crippen LogP contribution in [0.5, 0.6) is 17.2 Å². The van der Waals surface area contributed by atoms with Crippen molar-refractivity contribution in [3.63, 3.8) is 0 Å². The Kier molecular flexibility index (Phi) is 5.86. The van der Waals surface area contributed by atoms with E-state index in [0.29, 0.717) is 5.75 Å². The Morgan fingerprint density at radius 3 is 2.21 bits per heavy atom. The van der Waals surface area contributed by atoms with Gasteiger partial charge < -0.3 is 14.2 Å². The van der Waals surface area contributed by atoms with Crippen molar-refractivity contribution in [1.29, 1.82) is 0 Å². The Labute approximate surface area is 168 Å². The van der Waals surface area contributed by atoms with Crippen LogP contribution >= 0.6 is 0 Å². The first-order valence-corrected chi connectivity index (χ1v) is 10.0. The lowest BCUT2D eigenvalue weighted by atomic mass is 10.1. The van der Waals surface area contributed by atoms with Crippen LogP contribution in [0.1, 0.15) is 10.4 Å². The van der Waals surface area contributed by atoms with Crippen LogP contribution < -0.4 is 14.6 Å². The first-order chi connectivity index (χ1) is 13.8. The zero-order valence-corrected chi connectivity index (χ0v) is 16.6. The van der Waals surface area contributed by atoms with Gasteiger partial charge in [-0.1, -0.05) is 24.3 Å². The molecule has 3 rings (SSSR count). The smallest absolute Gasteiger partial charge is 0.337 e. The van der Waals surface area contributed by atoms with Gasteiger partial charge in [-0.3, -0.25) is 0 Å². The maximum atomic E-state index is 12.0. The van der Waals surface area contributed by atoms with Gasteiger partial charge in [0.05, 0.1) is 19.8 Å². The number of esters is 1. The van der Waals surface area contributed by atoms with Crippen LogP contribution in [0.15, 0.2) is 71.6 Å². The van der Waals surface area contributed by atoms with E-state index in [2.05, 4.69) is 4.74 Å². The van der Waals surface area contributed by atoms with Crippen molar-refractivity contribution in [3.8, 4) is 28.4 Å². The van der Waals surface area contributed by atoms with E-state index in [-0.39, 0.29) is 16.2 Å². The van der Waals surface area contributed by atoms with Gasteiger partial charge in [-0.05, 0) is 53.6 Å². The van der Waals surface area contributed by atoms with E-state index in [9.17, 15) is 13.2 Å². The van der Waals surface area contributed by atoms with Gasteiger partial charge in [0.15, 0.2) is 0 Å². The quantitative estimate of drug-likeness (QED) is 0.619. The van der Waals surface area contributed by atoms with E-state index in [4.69, 9.17) is 14.6 Å². The number of rotatable bonds is 6. The molecule has 0 bridgehead atoms. The maximum absolute atomic E-state index is 12.0. The average molecular weight is 413 g/mol. The van der Waals surface area contributed by atoms with Gasteiger partial charge >= 0.3 is 5.97 Å². The summed E-state index contributed by atoms with van der Waals surface area (Å²) < 4.78 is 39.5. The van der Waals surface area contributed by atoms with Crippen molar-refractivity contribution >= 4 is 16.0 Å². The molecule has 0 unspecified atom stereocenters. The average Bonchev–Trinajstić information content (AvgIpc) is 2.73. The van der Waals surface area contributed by atoms with Crippen LogP contribution in [0.4, 0.5) is 0 Å². The molecule has 0 heterocycles. The number of carbonyl (C=O) groups is 1. The van der Waals surface area contributed by atoms with Gasteiger partial charge in [0.25, 0.3) is 0 Å². The molecule has 0 atom stereocenters. The summed E-state index contributed by atoms with van der Waals surface area (Å²) in [6, 6.07) is 18.5. The molecule has 0 saturated heterocycles. The molecule has 0 aliphatic rings. The predicted molar refractivity (Wildman–Crippen MR) is 108 cm³/mol. The van der Waals surface area contributed by atoms with Crippen LogP contribution in [-0.2, 0) is 14.8 Å². The summed E-state index contributed by atoms with van der Waals surface area (Å²) in [5.74, 6) is 0.480. The maximum Gasteiger partial charge on any atom is 0.337 e. The minimum absolute atomic E-state index is 0.00651. The van der Waals surface area contributed by atoms with Gasteiger partial charge in [-0.2, -0.15) is 0 Å². The first kappa shape index (κ1) is 20.4. The number of hydrogen-bond donors (Lipinski definition) is 1. The molecule has 29 heavy (non-hydrogen) atoms. The van der Waals surface area contributed by atoms with E-state index in [0.717, 1.165) is 22.9 Å². The molecule has 2 N–H and O–H groups in total. The van der Waals surface area contributed by atoms with Gasteiger partial charge in [-0.15, -0.1) is 0 Å². The van der Waals surface area contributed by atoms with Crippen LogP contribution in [0, 0.1) is 0 Å². The van der Waals surface area contributed by atoms with Crippen molar-refractivity contribution in [3.05, 3.63) is 72.3 Å². The second-order valence-corrected chi connectivity index (χ2v) is 7.59. The topological polar surface area (TPSA) is 105 Å². The molecule has 8 heteroatoms. The van der Waals surface area contributed by atoms with Crippen molar-refractivity contribution in [2.45, 2.75) is 4.90 Å². The molecule has 150 valence electrons. The molecule has 0 spiro atoms. The second kappa shape index (κ2) is 8.34. The molecular formula is C21H19NO6S. The van der Waals surface area contributed by atoms with Crippen LogP contribution in [-0.4, -0.2) is 28.6 Å². The molecule has 7 nitrogen and oxygen atoms in total. The first-order valence-electron chi connectivity index (χ1n) is 8.49. The molecule has 0 saturated carbocycles. The summed E-state index contributed by atoms with van der Waals surface area (Å²) in [7, 11) is -1.34. The Morgan fingerprint density at radius 2 is 1.59 bits per heavy atom. The Balaban J connectivity index is 1.96. The minimum Gasteiger partial charge on any atom is -0.497 e. The van der Waals surface area contributed by atoms with E-state index in [1.165, 1.54) is 19.2 Å². The van der Waals surface area contributed by atoms with E-state index < -0.39 is 16.0 Å². The monoisotopic (exact) mass is 413 g/mol. The van der Waals surface area contributed by atoms with Crippen molar-refractivity contribution in [2.75, 3.05) is 14.2 Å². The van der Waals surface area contributed by atoms with Gasteiger partial charge in [0.1, 0.15) is 22.1 Å². The summed E-state index contributed by atoms with van der Waals surface area (Å²) >= 11 is 0. The number of methoxy groups -OCH3 is 2. The normalized spacial score (nSPS) is 11.0. The number of benzene rings is 3. The highest BCUT2D eigenvalue weighted by Gasteiger charge is 2.19. The van der Waals surface area contributed by atoms with Crippen LogP contribution in [0.25, 0.3) is 11.1 Å². The number of carbonyl (C=O) groups excluding carboxylic acids is 1. The molecule has 0 aliphatic carbocycles. The molecule has 0 aliphatic heterocycles. The van der Waals surface area contributed by atoms with Crippen molar-refractivity contribution in [1.82, 2.24) is 0 Å². The number of ether oxygens (including phenoxy) is 3. The molecule has 3 aromatic carbocycles. The second-order valence-electron chi connectivity index (χ2n) is 6.06. The van der Waals surface area contributed by atoms with Gasteiger partial charge in [0.2, 0.25) is 10.0 Å². The number of hydrogen-bond acceptors (Lipinski definition) is 6. The number of nitrogens with two attached hydrogens (primary N) is 1. The number of primary sulfonamides is 1. The Bertz CT molecular complexity index is 1140. The molecule has 3 aromatic rings. The zero-order chi connectivity index (χ0) is 21.0. The van der Waals surface area contributed by atoms with E-state index in [1.54, 1.807) is 25.3 Å². The zero-order valence-electron chi connectivity index (χ0n) is 15.8. The lowest BCUT2D eigenvalue weighted by Crippen LogP contribution is -2.14. The Morgan fingerprint density at radius 1 is 0.862 bits per heavy atom. The lowest BCUT2D eigenvalue weighted by molar-refractivity contribution is 0.0600. The third-order valence-electron chi connectivity index (χ3n) is 4.16. The summed E-state index contributed by atoms with van der Waals surface area (Å²) in [6.07, 6.45) is 0. The fraction of sp³-hybridized carbons (Fsp3) is 0.0952. The predicted octanol–water partition coefficient (Wildman–Crippen LogP) is 3.59. The summed E-state index contributed by atoms with van der Waals surface area (Å²) in [5.41, 5.74) is 1.85. The van der Waals surface area contributed by atoms with Gasteiger partial charge in [0, 0.05) is 0 Å². The van der Waals surface area contributed by atoms with E-state index in [1.807, 2.05) is 30.3 Å². The van der Waals surface area contributed by atoms with E-state index >= 15 is 0 Å². The fourth-order valence-electron chi connectivity index (χ4n) is 2.71. The Hall–Kier alpha value is -3.36. The number of sulfonamides is 1. The van der Waals surface area contributed by atoms with Gasteiger partial charge in [-0.25, -0.2) is 18.4 Å². The summed E-state index contributed by atoms with van der Waals surface area (Å²) in [4.78, 5) is 11.4. The molecule has 0 aromatic heterocycles. The molecule has 0 radical (unpaired) electrons. The highest BCUT2D eigenvalue weighted by molar-refractivity contribution is 7.89. The SMILES string of the molecule is COC(=O)c1ccc(Oc2cccc(-c3ccc(OC)cc3)c2)c(S(N)(=O)=O)c1. The van der Waals surface area contributed by atoms with Crippen molar-refractivity contribution in [2.24, 2.45) is 5.14 Å². The minimum atomic E-state index is -4.13. The third-order valence-corrected chi connectivity index (χ3v) is 5.09. The van der Waals surface area contributed by atoms with Crippen LogP contribution in [0.3, 0.4) is 0 Å². The van der Waals surface area contributed by atoms with Crippen LogP contribution in [0.2, 0.25) is 0 Å². The molecule has 0 amide bonds.